The number of benzene rings is 1. The van der Waals surface area contributed by atoms with Gasteiger partial charge in [0, 0.05) is 16.6 Å². The summed E-state index contributed by atoms with van der Waals surface area (Å²) in [6, 6.07) is 1.42. The Morgan fingerprint density at radius 2 is 2.00 bits per heavy atom. The minimum Gasteiger partial charge on any atom is -0.465 e. The van der Waals surface area contributed by atoms with E-state index < -0.39 is 23.7 Å². The summed E-state index contributed by atoms with van der Waals surface area (Å²) in [7, 11) is 0. The normalized spacial score (nSPS) is 22.2. The molecule has 2 rings (SSSR count). The van der Waals surface area contributed by atoms with Gasteiger partial charge in [-0.1, -0.05) is 15.9 Å². The molecule has 0 aliphatic heterocycles. The van der Waals surface area contributed by atoms with Gasteiger partial charge in [0.15, 0.2) is 0 Å². The molecule has 128 valence electrons. The third-order valence-electron chi connectivity index (χ3n) is 3.93. The molecule has 0 unspecified atom stereocenters. The van der Waals surface area contributed by atoms with Crippen molar-refractivity contribution < 1.29 is 27.5 Å². The molecule has 0 aromatic heterocycles. The van der Waals surface area contributed by atoms with Crippen LogP contribution in [0.25, 0.3) is 0 Å². The molecule has 1 fully saturated rings. The summed E-state index contributed by atoms with van der Waals surface area (Å²) in [6.45, 7) is 1.70. The second kappa shape index (κ2) is 6.54. The average Bonchev–Trinajstić information content (AvgIpc) is 2.29. The molecule has 1 aliphatic carbocycles. The van der Waals surface area contributed by atoms with Crippen molar-refractivity contribution in [3.63, 3.8) is 0 Å². The first-order chi connectivity index (χ1) is 10.6. The van der Waals surface area contributed by atoms with E-state index in [9.17, 15) is 22.4 Å². The molecule has 1 atom stereocenters. The second-order valence-corrected chi connectivity index (χ2v) is 6.53. The number of alkyl halides is 3. The summed E-state index contributed by atoms with van der Waals surface area (Å²) in [4.78, 5) is 10.5. The Kier molecular flexibility index (Phi) is 5.07. The zero-order valence-corrected chi connectivity index (χ0v) is 13.6. The Balaban J connectivity index is 2.10. The van der Waals surface area contributed by atoms with Crippen LogP contribution in [0.1, 0.15) is 25.3 Å². The Bertz CT molecular complexity index is 603. The van der Waals surface area contributed by atoms with Gasteiger partial charge >= 0.3 is 12.3 Å². The maximum absolute atomic E-state index is 13.7. The van der Waals surface area contributed by atoms with E-state index in [0.717, 1.165) is 6.07 Å². The molecule has 1 amide bonds. The van der Waals surface area contributed by atoms with E-state index in [2.05, 4.69) is 26.6 Å². The van der Waals surface area contributed by atoms with Crippen LogP contribution in [0, 0.1) is 11.7 Å². The number of amides is 1. The van der Waals surface area contributed by atoms with Crippen molar-refractivity contribution >= 4 is 27.7 Å². The summed E-state index contributed by atoms with van der Waals surface area (Å²) in [5.74, 6) is -1.34. The molecule has 1 saturated carbocycles. The molecule has 0 radical (unpaired) electrons. The highest BCUT2D eigenvalue weighted by Gasteiger charge is 2.39. The first-order valence-corrected chi connectivity index (χ1v) is 7.69. The lowest BCUT2D eigenvalue weighted by Crippen LogP contribution is -2.48. The third-order valence-corrected chi connectivity index (χ3v) is 4.39. The van der Waals surface area contributed by atoms with E-state index in [1.165, 1.54) is 6.07 Å². The van der Waals surface area contributed by atoms with Crippen molar-refractivity contribution in [3.05, 3.63) is 28.0 Å². The summed E-state index contributed by atoms with van der Waals surface area (Å²) < 4.78 is 53.0. The van der Waals surface area contributed by atoms with Crippen molar-refractivity contribution in [2.75, 3.05) is 5.32 Å². The lowest BCUT2D eigenvalue weighted by atomic mass is 9.76. The predicted octanol–water partition coefficient (Wildman–Crippen LogP) is 4.45. The summed E-state index contributed by atoms with van der Waals surface area (Å²) in [5.41, 5.74) is -1.65. The van der Waals surface area contributed by atoms with Crippen LogP contribution in [0.2, 0.25) is 0 Å². The summed E-state index contributed by atoms with van der Waals surface area (Å²) in [5, 5.41) is 13.6. The number of rotatable bonds is 4. The van der Waals surface area contributed by atoms with Gasteiger partial charge in [-0.2, -0.15) is 13.2 Å². The molecule has 1 aromatic rings. The van der Waals surface area contributed by atoms with Crippen molar-refractivity contribution in [2.45, 2.75) is 38.0 Å². The van der Waals surface area contributed by atoms with Crippen molar-refractivity contribution in [3.8, 4) is 0 Å². The number of carbonyl (C=O) groups is 1. The average molecular weight is 399 g/mol. The van der Waals surface area contributed by atoms with E-state index in [1.54, 1.807) is 6.92 Å². The fourth-order valence-corrected chi connectivity index (χ4v) is 3.13. The van der Waals surface area contributed by atoms with Gasteiger partial charge in [0.25, 0.3) is 0 Å². The maximum atomic E-state index is 13.7. The van der Waals surface area contributed by atoms with Gasteiger partial charge in [-0.25, -0.2) is 9.18 Å². The van der Waals surface area contributed by atoms with Gasteiger partial charge in [0.1, 0.15) is 11.4 Å². The fraction of sp³-hybridized carbons (Fsp3) is 0.500. The second-order valence-electron chi connectivity index (χ2n) is 5.62. The molecular formula is C14H15BrF4N2O2. The standard InChI is InChI=1S/C14H15BrF4N2O2/c1-6(7-2-9(3-7)21-13(22)23)20-11-5-8(15)4-10(16)12(11)14(17,18)19/h4-7,9,20-21H,2-3H2,1H3,(H,22,23)/t6-,7?,9?/m0/s1. The van der Waals surface area contributed by atoms with E-state index >= 15 is 0 Å². The quantitative estimate of drug-likeness (QED) is 0.656. The van der Waals surface area contributed by atoms with Crippen LogP contribution >= 0.6 is 15.9 Å². The number of hydrogen-bond acceptors (Lipinski definition) is 2. The van der Waals surface area contributed by atoms with E-state index in [0.29, 0.717) is 12.8 Å². The SMILES string of the molecule is C[C@H](Nc1cc(Br)cc(F)c1C(F)(F)F)C1CC(NC(=O)O)C1. The molecule has 1 aromatic carbocycles. The fourth-order valence-electron chi connectivity index (χ4n) is 2.70. The zero-order chi connectivity index (χ0) is 17.4. The Hall–Kier alpha value is -1.51. The van der Waals surface area contributed by atoms with Crippen LogP contribution in [-0.2, 0) is 6.18 Å². The maximum Gasteiger partial charge on any atom is 0.421 e. The van der Waals surface area contributed by atoms with Crippen LogP contribution in [-0.4, -0.2) is 23.3 Å². The number of halogens is 5. The van der Waals surface area contributed by atoms with Gasteiger partial charge in [-0.15, -0.1) is 0 Å². The molecule has 4 nitrogen and oxygen atoms in total. The summed E-state index contributed by atoms with van der Waals surface area (Å²) >= 11 is 2.99. The third kappa shape index (κ3) is 4.27. The molecule has 0 heterocycles. The van der Waals surface area contributed by atoms with E-state index in [4.69, 9.17) is 5.11 Å². The largest absolute Gasteiger partial charge is 0.465 e. The minimum absolute atomic E-state index is 0.00924. The van der Waals surface area contributed by atoms with Crippen LogP contribution in [0.4, 0.5) is 28.0 Å². The molecule has 23 heavy (non-hydrogen) atoms. The molecule has 3 N–H and O–H groups in total. The summed E-state index contributed by atoms with van der Waals surface area (Å²) in [6.07, 6.45) is -4.88. The lowest BCUT2D eigenvalue weighted by Gasteiger charge is -2.39. The van der Waals surface area contributed by atoms with Crippen molar-refractivity contribution in [1.29, 1.82) is 0 Å². The molecular weight excluding hydrogens is 384 g/mol. The highest BCUT2D eigenvalue weighted by molar-refractivity contribution is 9.10. The van der Waals surface area contributed by atoms with Crippen molar-refractivity contribution in [1.82, 2.24) is 5.32 Å². The van der Waals surface area contributed by atoms with Crippen LogP contribution in [0.15, 0.2) is 16.6 Å². The van der Waals surface area contributed by atoms with E-state index in [-0.39, 0.29) is 28.2 Å². The molecule has 0 saturated heterocycles. The molecule has 1 aliphatic rings. The Morgan fingerprint density at radius 1 is 1.39 bits per heavy atom. The highest BCUT2D eigenvalue weighted by Crippen LogP contribution is 2.40. The first-order valence-electron chi connectivity index (χ1n) is 6.90. The van der Waals surface area contributed by atoms with Gasteiger partial charge in [0.2, 0.25) is 0 Å². The highest BCUT2D eigenvalue weighted by atomic mass is 79.9. The number of nitrogens with one attached hydrogen (secondary N) is 2. The van der Waals surface area contributed by atoms with Crippen molar-refractivity contribution in [2.24, 2.45) is 5.92 Å². The number of carboxylic acid groups (broad SMARTS) is 1. The van der Waals surface area contributed by atoms with Crippen LogP contribution in [0.3, 0.4) is 0 Å². The monoisotopic (exact) mass is 398 g/mol. The topological polar surface area (TPSA) is 61.4 Å². The number of hydrogen-bond donors (Lipinski definition) is 3. The van der Waals surface area contributed by atoms with Crippen LogP contribution in [0.5, 0.6) is 0 Å². The first kappa shape index (κ1) is 17.8. The van der Waals surface area contributed by atoms with Gasteiger partial charge in [-0.3, -0.25) is 0 Å². The number of anilines is 1. The Morgan fingerprint density at radius 3 is 2.52 bits per heavy atom. The minimum atomic E-state index is -4.81. The van der Waals surface area contributed by atoms with Gasteiger partial charge in [0.05, 0.1) is 5.69 Å². The van der Waals surface area contributed by atoms with Crippen LogP contribution < -0.4 is 10.6 Å². The predicted molar refractivity (Wildman–Crippen MR) is 79.9 cm³/mol. The molecule has 0 bridgehead atoms. The Labute approximate surface area is 138 Å². The smallest absolute Gasteiger partial charge is 0.421 e. The lowest BCUT2D eigenvalue weighted by molar-refractivity contribution is -0.139. The molecule has 0 spiro atoms. The zero-order valence-electron chi connectivity index (χ0n) is 12.0. The van der Waals surface area contributed by atoms with Gasteiger partial charge < -0.3 is 15.7 Å². The van der Waals surface area contributed by atoms with Gasteiger partial charge in [-0.05, 0) is 37.8 Å². The molecule has 9 heteroatoms. The van der Waals surface area contributed by atoms with E-state index in [1.807, 2.05) is 0 Å².